The van der Waals surface area contributed by atoms with Crippen molar-refractivity contribution in [1.29, 1.82) is 0 Å². The number of unbranched alkanes of at least 4 members (excludes halogenated alkanes) is 3. The summed E-state index contributed by atoms with van der Waals surface area (Å²) < 4.78 is 52.7. The van der Waals surface area contributed by atoms with Crippen molar-refractivity contribution in [3.05, 3.63) is 12.2 Å². The minimum absolute atomic E-state index is 0.0197. The van der Waals surface area contributed by atoms with Crippen LogP contribution in [-0.2, 0) is 66.0 Å². The van der Waals surface area contributed by atoms with Crippen LogP contribution >= 0.6 is 7.82 Å². The Bertz CT molecular complexity index is 1430. The van der Waals surface area contributed by atoms with E-state index in [9.17, 15) is 33.4 Å². The molecular formula is C44H76N5O15P. The first kappa shape index (κ1) is 61.1. The lowest BCUT2D eigenvalue weighted by atomic mass is 9.82. The van der Waals surface area contributed by atoms with E-state index in [0.29, 0.717) is 65.6 Å². The van der Waals surface area contributed by atoms with Crippen molar-refractivity contribution in [1.82, 2.24) is 26.6 Å². The molecule has 0 aliphatic carbocycles. The second-order valence-corrected chi connectivity index (χ2v) is 16.4. The molecule has 0 aromatic heterocycles. The Morgan fingerprint density at radius 1 is 0.554 bits per heavy atom. The zero-order chi connectivity index (χ0) is 48.3. The Balaban J connectivity index is 5.56. The van der Waals surface area contributed by atoms with Crippen molar-refractivity contribution in [2.24, 2.45) is 0 Å². The van der Waals surface area contributed by atoms with Crippen LogP contribution in [0.3, 0.4) is 0 Å². The summed E-state index contributed by atoms with van der Waals surface area (Å²) in [6.45, 7) is 10.3. The molecule has 0 saturated heterocycles. The number of carbonyl (C=O) groups is 5. The molecule has 0 bridgehead atoms. The minimum Gasteiger partial charge on any atom is -0.377 e. The van der Waals surface area contributed by atoms with Crippen molar-refractivity contribution in [2.45, 2.75) is 95.9 Å². The number of hydrogen-bond acceptors (Lipinski definition) is 14. The minimum atomic E-state index is -3.99. The molecule has 0 spiro atoms. The van der Waals surface area contributed by atoms with E-state index in [1.54, 1.807) is 0 Å². The molecule has 0 fully saturated rings. The zero-order valence-electron chi connectivity index (χ0n) is 38.7. The van der Waals surface area contributed by atoms with Gasteiger partial charge in [-0.2, -0.15) is 0 Å². The summed E-state index contributed by atoms with van der Waals surface area (Å²) in [6, 6.07) is 0. The average Bonchev–Trinajstić information content (AvgIpc) is 3.27. The molecule has 6 N–H and O–H groups in total. The topological polar surface area (TPSA) is 257 Å². The average molecular weight is 946 g/mol. The molecule has 21 heteroatoms. The maximum Gasteiger partial charge on any atom is 0.471 e. The number of phosphoric ester groups is 1. The van der Waals surface area contributed by atoms with Crippen LogP contribution in [0.1, 0.15) is 90.4 Å². The quantitative estimate of drug-likeness (QED) is 0.0221. The van der Waals surface area contributed by atoms with E-state index in [1.807, 2.05) is 6.92 Å². The molecule has 0 radical (unpaired) electrons. The van der Waals surface area contributed by atoms with E-state index in [-0.39, 0.29) is 141 Å². The first-order valence-corrected chi connectivity index (χ1v) is 23.7. The molecule has 20 nitrogen and oxygen atoms in total. The number of nitrogens with one attached hydrogen (secondary N) is 5. The lowest BCUT2D eigenvalue weighted by Gasteiger charge is -2.35. The normalized spacial score (nSPS) is 12.0. The van der Waals surface area contributed by atoms with Crippen molar-refractivity contribution in [3.63, 3.8) is 0 Å². The largest absolute Gasteiger partial charge is 0.471 e. The van der Waals surface area contributed by atoms with Gasteiger partial charge in [0.15, 0.2) is 0 Å². The lowest BCUT2D eigenvalue weighted by Crippen LogP contribution is -2.50. The van der Waals surface area contributed by atoms with Crippen LogP contribution in [0, 0.1) is 24.7 Å². The fourth-order valence-electron chi connectivity index (χ4n) is 5.74. The van der Waals surface area contributed by atoms with Crippen molar-refractivity contribution < 1.29 is 70.9 Å². The van der Waals surface area contributed by atoms with E-state index in [4.69, 9.17) is 45.8 Å². The summed E-state index contributed by atoms with van der Waals surface area (Å²) in [7, 11) is -2.90. The number of hydrogen-bond donors (Lipinski definition) is 6. The van der Waals surface area contributed by atoms with Crippen LogP contribution < -0.4 is 26.6 Å². The molecule has 65 heavy (non-hydrogen) atoms. The van der Waals surface area contributed by atoms with Gasteiger partial charge in [0.1, 0.15) is 13.2 Å². The van der Waals surface area contributed by atoms with Gasteiger partial charge in [-0.05, 0) is 45.4 Å². The molecule has 0 heterocycles. The summed E-state index contributed by atoms with van der Waals surface area (Å²) in [5, 5.41) is 14.3. The highest BCUT2D eigenvalue weighted by molar-refractivity contribution is 7.47. The van der Waals surface area contributed by atoms with Crippen LogP contribution in [0.25, 0.3) is 0 Å². The molecule has 5 amide bonds. The van der Waals surface area contributed by atoms with Gasteiger partial charge in [-0.25, -0.2) is 4.57 Å². The third kappa shape index (κ3) is 40.1. The smallest absolute Gasteiger partial charge is 0.377 e. The molecule has 0 aliphatic rings. The van der Waals surface area contributed by atoms with Gasteiger partial charge in [0.05, 0.1) is 72.7 Å². The van der Waals surface area contributed by atoms with Gasteiger partial charge in [0, 0.05) is 70.9 Å². The summed E-state index contributed by atoms with van der Waals surface area (Å²) in [5.41, 5.74) is -0.255. The Labute approximate surface area is 386 Å². The molecule has 0 aliphatic heterocycles. The predicted molar refractivity (Wildman–Crippen MR) is 243 cm³/mol. The summed E-state index contributed by atoms with van der Waals surface area (Å²) in [5.74, 6) is 3.17. The highest BCUT2D eigenvalue weighted by atomic mass is 31.2. The summed E-state index contributed by atoms with van der Waals surface area (Å²) in [6.07, 6.45) is 13.6. The predicted octanol–water partition coefficient (Wildman–Crippen LogP) is 2.08. The Morgan fingerprint density at radius 3 is 1.43 bits per heavy atom. The van der Waals surface area contributed by atoms with Gasteiger partial charge < -0.3 is 59.9 Å². The van der Waals surface area contributed by atoms with Crippen LogP contribution in [0.15, 0.2) is 12.2 Å². The molecular weight excluding hydrogens is 869 g/mol. The van der Waals surface area contributed by atoms with Crippen molar-refractivity contribution in [2.75, 3.05) is 119 Å². The standard InChI is InChI=1S/C44H76N5O15P/c1-6-25-58-31-33-60-28-22-46-40(51)15-18-44(19-16-41(52)47-23-29-61-34-32-59-26-7-2,20-17-42(53)48-24-30-62-35-36-63-37-38(3)4)49-43(54)14-12-13-39(50)45-21-10-8-9-11-27-64-65(55,56)57-5/h1-2H,3,8-37H2,4-5H3,(H,45,50)(H,46,51)(H,47,52)(H,48,53)(H,49,54)(H,55,56). The number of carbonyl (C=O) groups excluding carboxylic acids is 5. The second-order valence-electron chi connectivity index (χ2n) is 14.8. The van der Waals surface area contributed by atoms with Crippen molar-refractivity contribution >= 4 is 37.4 Å². The number of phosphoric acid groups is 1. The molecule has 0 rings (SSSR count). The Morgan fingerprint density at radius 2 is 0.969 bits per heavy atom. The van der Waals surface area contributed by atoms with E-state index in [0.717, 1.165) is 25.5 Å². The summed E-state index contributed by atoms with van der Waals surface area (Å²) in [4.78, 5) is 74.6. The maximum absolute atomic E-state index is 13.6. The molecule has 0 saturated carbocycles. The SMILES string of the molecule is C#CCOCCOCCNC(=O)CCC(CCC(=O)NCCOCCOCC#C)(CCC(=O)NCCOCCOCC(=C)C)NC(=O)CCCC(=O)NCCCCCCOP(=O)(O)OC. The molecule has 0 aromatic carbocycles. The van der Waals surface area contributed by atoms with Crippen LogP contribution in [-0.4, -0.2) is 159 Å². The Kier molecular flexibility index (Phi) is 39.0. The van der Waals surface area contributed by atoms with Gasteiger partial charge in [-0.3, -0.25) is 33.0 Å². The maximum atomic E-state index is 13.6. The van der Waals surface area contributed by atoms with E-state index in [2.05, 4.69) is 49.5 Å². The monoisotopic (exact) mass is 946 g/mol. The number of rotatable bonds is 45. The third-order valence-corrected chi connectivity index (χ3v) is 10.1. The number of ether oxygens (including phenoxy) is 6. The fraction of sp³-hybridized carbons (Fsp3) is 0.750. The number of amides is 5. The van der Waals surface area contributed by atoms with Crippen LogP contribution in [0.4, 0.5) is 0 Å². The highest BCUT2D eigenvalue weighted by Crippen LogP contribution is 2.41. The molecule has 0 aromatic rings. The van der Waals surface area contributed by atoms with Gasteiger partial charge in [-0.15, -0.1) is 12.8 Å². The van der Waals surface area contributed by atoms with Gasteiger partial charge in [-0.1, -0.05) is 36.8 Å². The van der Waals surface area contributed by atoms with E-state index in [1.165, 1.54) is 0 Å². The van der Waals surface area contributed by atoms with Gasteiger partial charge in [0.2, 0.25) is 29.5 Å². The van der Waals surface area contributed by atoms with Gasteiger partial charge in [0.25, 0.3) is 0 Å². The molecule has 1 unspecified atom stereocenters. The molecule has 1 atom stereocenters. The van der Waals surface area contributed by atoms with Crippen LogP contribution in [0.2, 0.25) is 0 Å². The van der Waals surface area contributed by atoms with Crippen LogP contribution in [0.5, 0.6) is 0 Å². The fourth-order valence-corrected chi connectivity index (χ4v) is 6.20. The Hall–Kier alpha value is -3.92. The first-order chi connectivity index (χ1) is 31.3. The van der Waals surface area contributed by atoms with Crippen molar-refractivity contribution in [3.8, 4) is 24.7 Å². The lowest BCUT2D eigenvalue weighted by molar-refractivity contribution is -0.128. The summed E-state index contributed by atoms with van der Waals surface area (Å²) >= 11 is 0. The third-order valence-electron chi connectivity index (χ3n) is 9.12. The molecule has 372 valence electrons. The zero-order valence-corrected chi connectivity index (χ0v) is 39.6. The number of terminal acetylenes is 2. The van der Waals surface area contributed by atoms with Gasteiger partial charge >= 0.3 is 7.82 Å². The van der Waals surface area contributed by atoms with E-state index < -0.39 is 19.3 Å². The second kappa shape index (κ2) is 41.5. The first-order valence-electron chi connectivity index (χ1n) is 22.2. The van der Waals surface area contributed by atoms with E-state index >= 15 is 0 Å². The highest BCUT2D eigenvalue weighted by Gasteiger charge is 2.33.